The van der Waals surface area contributed by atoms with Crippen molar-refractivity contribution in [3.8, 4) is 0 Å². The Balaban J connectivity index is 2.00. The molecule has 2 rings (SSSR count). The van der Waals surface area contributed by atoms with Crippen molar-refractivity contribution < 1.29 is 9.18 Å². The van der Waals surface area contributed by atoms with Gasteiger partial charge in [-0.25, -0.2) is 9.37 Å². The molecule has 2 heterocycles. The van der Waals surface area contributed by atoms with Crippen molar-refractivity contribution in [3.63, 3.8) is 0 Å². The summed E-state index contributed by atoms with van der Waals surface area (Å²) in [6.45, 7) is 1.78. The summed E-state index contributed by atoms with van der Waals surface area (Å²) >= 11 is 6.75. The van der Waals surface area contributed by atoms with Gasteiger partial charge in [-0.2, -0.15) is 0 Å². The highest BCUT2D eigenvalue weighted by molar-refractivity contribution is 7.03. The number of pyridine rings is 1. The van der Waals surface area contributed by atoms with E-state index in [1.807, 2.05) is 0 Å². The summed E-state index contributed by atoms with van der Waals surface area (Å²) in [5, 5.41) is 8.08. The molecule has 8 heteroatoms. The van der Waals surface area contributed by atoms with Gasteiger partial charge in [-0.3, -0.25) is 4.79 Å². The van der Waals surface area contributed by atoms with Crippen LogP contribution in [0.15, 0.2) is 17.6 Å². The Bertz CT molecular complexity index is 578. The molecule has 1 atom stereocenters. The molecular formula is C11H10ClFN4OS. The first-order chi connectivity index (χ1) is 9.08. The van der Waals surface area contributed by atoms with E-state index in [2.05, 4.69) is 19.9 Å². The van der Waals surface area contributed by atoms with Gasteiger partial charge in [-0.15, -0.1) is 5.10 Å². The molecule has 0 fully saturated rings. The van der Waals surface area contributed by atoms with Crippen LogP contribution in [-0.2, 0) is 11.2 Å². The lowest BCUT2D eigenvalue weighted by molar-refractivity contribution is -0.121. The lowest BCUT2D eigenvalue weighted by Gasteiger charge is -2.11. The summed E-state index contributed by atoms with van der Waals surface area (Å²) in [6, 6.07) is 1.15. The summed E-state index contributed by atoms with van der Waals surface area (Å²) in [4.78, 5) is 15.4. The average molecular weight is 301 g/mol. The van der Waals surface area contributed by atoms with Crippen LogP contribution in [0.25, 0.3) is 0 Å². The Hall–Kier alpha value is -1.60. The maximum atomic E-state index is 13.6. The zero-order chi connectivity index (χ0) is 13.8. The minimum absolute atomic E-state index is 0.101. The second kappa shape index (κ2) is 6.03. The van der Waals surface area contributed by atoms with Crippen LogP contribution in [0.2, 0.25) is 5.15 Å². The Labute approximate surface area is 118 Å². The van der Waals surface area contributed by atoms with E-state index < -0.39 is 5.82 Å². The minimum Gasteiger partial charge on any atom is -0.348 e. The molecule has 2 aromatic rings. The van der Waals surface area contributed by atoms with Crippen LogP contribution in [0.5, 0.6) is 0 Å². The van der Waals surface area contributed by atoms with Crippen molar-refractivity contribution in [1.82, 2.24) is 19.9 Å². The van der Waals surface area contributed by atoms with Gasteiger partial charge in [0.1, 0.15) is 0 Å². The molecule has 1 amide bonds. The second-order valence-corrected chi connectivity index (χ2v) is 4.84. The number of rotatable bonds is 4. The topological polar surface area (TPSA) is 67.8 Å². The van der Waals surface area contributed by atoms with E-state index in [4.69, 9.17) is 11.6 Å². The van der Waals surface area contributed by atoms with Gasteiger partial charge in [-0.05, 0) is 24.5 Å². The first kappa shape index (κ1) is 13.8. The summed E-state index contributed by atoms with van der Waals surface area (Å²) in [6.07, 6.45) is 1.26. The fraction of sp³-hybridized carbons (Fsp3) is 0.273. The third-order valence-electron chi connectivity index (χ3n) is 2.48. The van der Waals surface area contributed by atoms with Crippen LogP contribution in [0.3, 0.4) is 0 Å². The van der Waals surface area contributed by atoms with Gasteiger partial charge in [0.15, 0.2) is 11.0 Å². The van der Waals surface area contributed by atoms with Crippen LogP contribution >= 0.6 is 23.1 Å². The van der Waals surface area contributed by atoms with Crippen molar-refractivity contribution in [2.24, 2.45) is 0 Å². The zero-order valence-electron chi connectivity index (χ0n) is 9.93. The predicted molar refractivity (Wildman–Crippen MR) is 69.4 cm³/mol. The number of amides is 1. The van der Waals surface area contributed by atoms with E-state index in [-0.39, 0.29) is 29.1 Å². The van der Waals surface area contributed by atoms with E-state index in [1.165, 1.54) is 23.8 Å². The number of nitrogens with zero attached hydrogens (tertiary/aromatic N) is 3. The third kappa shape index (κ3) is 3.45. The molecule has 0 radical (unpaired) electrons. The van der Waals surface area contributed by atoms with Gasteiger partial charge < -0.3 is 5.32 Å². The molecule has 19 heavy (non-hydrogen) atoms. The van der Waals surface area contributed by atoms with Crippen LogP contribution < -0.4 is 5.32 Å². The second-order valence-electron chi connectivity index (χ2n) is 3.87. The molecule has 0 saturated heterocycles. The molecule has 100 valence electrons. The van der Waals surface area contributed by atoms with Gasteiger partial charge in [0.2, 0.25) is 5.91 Å². The molecular weight excluding hydrogens is 291 g/mol. The van der Waals surface area contributed by atoms with Crippen molar-refractivity contribution in [1.29, 1.82) is 0 Å². The number of hydrogen-bond acceptors (Lipinski definition) is 5. The molecule has 0 aliphatic heterocycles. The Morgan fingerprint density at radius 3 is 3.11 bits per heavy atom. The van der Waals surface area contributed by atoms with Crippen LogP contribution in [0, 0.1) is 5.82 Å². The molecule has 0 spiro atoms. The van der Waals surface area contributed by atoms with E-state index in [0.29, 0.717) is 5.69 Å². The average Bonchev–Trinajstić information content (AvgIpc) is 2.88. The van der Waals surface area contributed by atoms with Crippen LogP contribution in [-0.4, -0.2) is 20.5 Å². The third-order valence-corrected chi connectivity index (χ3v) is 3.26. The Kier molecular flexibility index (Phi) is 4.39. The number of carbonyl (C=O) groups excluding carboxylic acids is 1. The Morgan fingerprint density at radius 2 is 2.42 bits per heavy atom. The number of halogens is 2. The summed E-state index contributed by atoms with van der Waals surface area (Å²) < 4.78 is 17.3. The maximum absolute atomic E-state index is 13.6. The first-order valence-electron chi connectivity index (χ1n) is 5.43. The number of hydrogen-bond donors (Lipinski definition) is 1. The molecule has 0 aliphatic carbocycles. The van der Waals surface area contributed by atoms with Gasteiger partial charge >= 0.3 is 0 Å². The van der Waals surface area contributed by atoms with E-state index in [0.717, 1.165) is 0 Å². The van der Waals surface area contributed by atoms with E-state index in [9.17, 15) is 9.18 Å². The largest absolute Gasteiger partial charge is 0.348 e. The SMILES string of the molecule is CC(NC(=O)Cc1ccnc(Cl)c1F)c1csnn1. The van der Waals surface area contributed by atoms with Gasteiger partial charge in [0.25, 0.3) is 0 Å². The molecule has 1 N–H and O–H groups in total. The fourth-order valence-corrected chi connectivity index (χ4v) is 2.22. The molecule has 0 aromatic carbocycles. The van der Waals surface area contributed by atoms with Crippen molar-refractivity contribution in [2.75, 3.05) is 0 Å². The zero-order valence-corrected chi connectivity index (χ0v) is 11.5. The van der Waals surface area contributed by atoms with Gasteiger partial charge in [-0.1, -0.05) is 16.1 Å². The van der Waals surface area contributed by atoms with Crippen molar-refractivity contribution in [3.05, 3.63) is 39.9 Å². The smallest absolute Gasteiger partial charge is 0.225 e. The highest BCUT2D eigenvalue weighted by Gasteiger charge is 2.15. The standard InChI is InChI=1S/C11H10ClFN4OS/c1-6(8-5-19-17-16-8)15-9(18)4-7-2-3-14-11(12)10(7)13/h2-3,5-6H,4H2,1H3,(H,15,18). The van der Waals surface area contributed by atoms with E-state index >= 15 is 0 Å². The van der Waals surface area contributed by atoms with Crippen LogP contribution in [0.4, 0.5) is 4.39 Å². The fourth-order valence-electron chi connectivity index (χ4n) is 1.49. The number of carbonyl (C=O) groups is 1. The highest BCUT2D eigenvalue weighted by atomic mass is 35.5. The van der Waals surface area contributed by atoms with Crippen LogP contribution in [0.1, 0.15) is 24.2 Å². The molecule has 0 aliphatic rings. The minimum atomic E-state index is -0.665. The normalized spacial score (nSPS) is 12.2. The highest BCUT2D eigenvalue weighted by Crippen LogP contribution is 2.16. The van der Waals surface area contributed by atoms with Crippen molar-refractivity contribution >= 4 is 29.0 Å². The summed E-state index contributed by atoms with van der Waals surface area (Å²) in [7, 11) is 0. The quantitative estimate of drug-likeness (QED) is 0.879. The maximum Gasteiger partial charge on any atom is 0.225 e. The number of nitrogens with one attached hydrogen (secondary N) is 1. The molecule has 0 saturated carbocycles. The monoisotopic (exact) mass is 300 g/mol. The Morgan fingerprint density at radius 1 is 1.63 bits per heavy atom. The molecule has 0 bridgehead atoms. The summed E-state index contributed by atoms with van der Waals surface area (Å²) in [5.41, 5.74) is 0.882. The first-order valence-corrected chi connectivity index (χ1v) is 6.64. The molecule has 5 nitrogen and oxygen atoms in total. The van der Waals surface area contributed by atoms with E-state index in [1.54, 1.807) is 12.3 Å². The molecule has 2 aromatic heterocycles. The number of aromatic nitrogens is 3. The lowest BCUT2D eigenvalue weighted by atomic mass is 10.1. The predicted octanol–water partition coefficient (Wildman–Crippen LogP) is 2.15. The van der Waals surface area contributed by atoms with Crippen molar-refractivity contribution in [2.45, 2.75) is 19.4 Å². The van der Waals surface area contributed by atoms with Gasteiger partial charge in [0, 0.05) is 17.1 Å². The lowest BCUT2D eigenvalue weighted by Crippen LogP contribution is -2.28. The molecule has 1 unspecified atom stereocenters. The van der Waals surface area contributed by atoms with Gasteiger partial charge in [0.05, 0.1) is 18.2 Å². The summed E-state index contributed by atoms with van der Waals surface area (Å²) in [5.74, 6) is -0.982.